The minimum atomic E-state index is -4.62. The molecular weight excluding hydrogens is 802 g/mol. The van der Waals surface area contributed by atoms with Gasteiger partial charge in [-0.2, -0.15) is 13.2 Å². The first-order valence-corrected chi connectivity index (χ1v) is 17.4. The highest BCUT2D eigenvalue weighted by Crippen LogP contribution is 2.38. The van der Waals surface area contributed by atoms with Gasteiger partial charge in [0, 0.05) is 38.1 Å². The van der Waals surface area contributed by atoms with E-state index in [0.717, 1.165) is 34.9 Å². The molecule has 2 amide bonds. The number of nitrogens with zero attached hydrogens (tertiary/aromatic N) is 3. The zero-order chi connectivity index (χ0) is 38.4. The number of carbonyl (C=O) groups excluding carboxylic acids is 2. The lowest BCUT2D eigenvalue weighted by Gasteiger charge is -2.08. The standard InChI is InChI=1S/C18H10ClF3N2O3S.C16H9Cl2N3O3S/c19-11-4-1-9(2-5-11)12-8-28-16(14(12)17(26)27)24-15(25)10-3-6-13(23-7-10)18(20,21)22;17-9-3-1-8(2-4-9)10-7-25-15(13(10)16(23)24)19-14(22)11-5-6-12(18)21-20-11/h1-8H,(H,24,25)(H,26,27);1-7H,(H,19,22)(H,23,24). The fraction of sp³-hybridized carbons (Fsp3) is 0.0294. The number of nitrogens with one attached hydrogen (secondary N) is 2. The van der Waals surface area contributed by atoms with Crippen LogP contribution in [0, 0.1) is 0 Å². The molecule has 0 fully saturated rings. The minimum absolute atomic E-state index is 0.00240. The van der Waals surface area contributed by atoms with Gasteiger partial charge >= 0.3 is 18.1 Å². The Morgan fingerprint density at radius 3 is 1.53 bits per heavy atom. The maximum Gasteiger partial charge on any atom is 0.433 e. The van der Waals surface area contributed by atoms with E-state index in [1.54, 1.807) is 59.3 Å². The van der Waals surface area contributed by atoms with E-state index in [1.807, 2.05) is 0 Å². The van der Waals surface area contributed by atoms with Gasteiger partial charge in [-0.05, 0) is 59.7 Å². The van der Waals surface area contributed by atoms with Crippen LogP contribution in [0.15, 0.2) is 89.8 Å². The van der Waals surface area contributed by atoms with Gasteiger partial charge in [0.2, 0.25) is 0 Å². The summed E-state index contributed by atoms with van der Waals surface area (Å²) in [6, 6.07) is 17.7. The smallest absolute Gasteiger partial charge is 0.433 e. The van der Waals surface area contributed by atoms with Crippen LogP contribution in [0.2, 0.25) is 15.2 Å². The molecule has 4 N–H and O–H groups in total. The number of anilines is 2. The van der Waals surface area contributed by atoms with Crippen LogP contribution in [-0.2, 0) is 6.18 Å². The highest BCUT2D eigenvalue weighted by molar-refractivity contribution is 7.15. The third-order valence-electron chi connectivity index (χ3n) is 6.96. The number of aromatic carboxylic acids is 2. The van der Waals surface area contributed by atoms with Crippen molar-refractivity contribution in [1.29, 1.82) is 0 Å². The number of pyridine rings is 1. The maximum atomic E-state index is 12.6. The fourth-order valence-corrected chi connectivity index (χ4v) is 6.75. The monoisotopic (exact) mass is 819 g/mol. The second-order valence-electron chi connectivity index (χ2n) is 10.4. The number of rotatable bonds is 8. The highest BCUT2D eigenvalue weighted by Gasteiger charge is 2.32. The molecule has 11 nitrogen and oxygen atoms in total. The van der Waals surface area contributed by atoms with Gasteiger partial charge in [-0.1, -0.05) is 59.1 Å². The fourth-order valence-electron chi connectivity index (χ4n) is 4.48. The Labute approximate surface area is 319 Å². The lowest BCUT2D eigenvalue weighted by Crippen LogP contribution is -2.15. The average Bonchev–Trinajstić information content (AvgIpc) is 3.74. The van der Waals surface area contributed by atoms with E-state index >= 15 is 0 Å². The molecule has 6 aromatic rings. The van der Waals surface area contributed by atoms with E-state index in [9.17, 15) is 42.6 Å². The van der Waals surface area contributed by atoms with Crippen molar-refractivity contribution in [3.05, 3.63) is 133 Å². The molecule has 2 aromatic carbocycles. The summed E-state index contributed by atoms with van der Waals surface area (Å²) in [4.78, 5) is 51.2. The van der Waals surface area contributed by atoms with Crippen molar-refractivity contribution in [3.8, 4) is 22.3 Å². The molecular formula is C34H19Cl3F3N5O6S2. The molecule has 0 aliphatic rings. The molecule has 0 saturated heterocycles. The van der Waals surface area contributed by atoms with Gasteiger partial charge in [-0.15, -0.1) is 32.9 Å². The Kier molecular flexibility index (Phi) is 12.1. The molecule has 53 heavy (non-hydrogen) atoms. The first kappa shape index (κ1) is 38.8. The van der Waals surface area contributed by atoms with Crippen molar-refractivity contribution in [3.63, 3.8) is 0 Å². The van der Waals surface area contributed by atoms with E-state index in [0.29, 0.717) is 38.4 Å². The normalized spacial score (nSPS) is 10.9. The third kappa shape index (κ3) is 9.54. The average molecular weight is 821 g/mol. The Morgan fingerprint density at radius 2 is 1.13 bits per heavy atom. The molecule has 4 aromatic heterocycles. The lowest BCUT2D eigenvalue weighted by molar-refractivity contribution is -0.141. The number of halogens is 6. The Bertz CT molecular complexity index is 2300. The number of hydrogen-bond acceptors (Lipinski definition) is 9. The largest absolute Gasteiger partial charge is 0.478 e. The van der Waals surface area contributed by atoms with Crippen LogP contribution in [0.1, 0.15) is 47.3 Å². The summed E-state index contributed by atoms with van der Waals surface area (Å²) in [5.41, 5.74) is 0.800. The SMILES string of the molecule is O=C(Nc1scc(-c2ccc(Cl)cc2)c1C(=O)O)c1ccc(C(F)(F)F)nc1.O=C(Nc1scc(-c2ccc(Cl)cc2)c1C(=O)O)c1ccc(Cl)nn1. The van der Waals surface area contributed by atoms with E-state index in [1.165, 1.54) is 12.1 Å². The quantitative estimate of drug-likeness (QED) is 0.117. The summed E-state index contributed by atoms with van der Waals surface area (Å²) >= 11 is 19.4. The summed E-state index contributed by atoms with van der Waals surface area (Å²) < 4.78 is 37.7. The first-order chi connectivity index (χ1) is 25.1. The minimum Gasteiger partial charge on any atom is -0.478 e. The van der Waals surface area contributed by atoms with Crippen LogP contribution in [0.4, 0.5) is 23.2 Å². The number of benzene rings is 2. The molecule has 0 bridgehead atoms. The number of thiophene rings is 2. The molecule has 4 heterocycles. The van der Waals surface area contributed by atoms with Crippen molar-refractivity contribution in [2.45, 2.75) is 6.18 Å². The van der Waals surface area contributed by atoms with Gasteiger partial charge in [-0.3, -0.25) is 14.6 Å². The van der Waals surface area contributed by atoms with Crippen LogP contribution >= 0.6 is 57.5 Å². The van der Waals surface area contributed by atoms with E-state index in [-0.39, 0.29) is 37.5 Å². The summed E-state index contributed by atoms with van der Waals surface area (Å²) in [6.45, 7) is 0. The van der Waals surface area contributed by atoms with Gasteiger partial charge in [-0.25, -0.2) is 9.59 Å². The van der Waals surface area contributed by atoms with E-state index < -0.39 is 35.6 Å². The molecule has 0 saturated carbocycles. The van der Waals surface area contributed by atoms with E-state index in [4.69, 9.17) is 34.8 Å². The topological polar surface area (TPSA) is 171 Å². The molecule has 19 heteroatoms. The number of hydrogen-bond donors (Lipinski definition) is 4. The Hall–Kier alpha value is -5.39. The van der Waals surface area contributed by atoms with Crippen molar-refractivity contribution in [2.24, 2.45) is 0 Å². The number of aromatic nitrogens is 3. The summed E-state index contributed by atoms with van der Waals surface area (Å²) in [5, 5.41) is 36.0. The number of carbonyl (C=O) groups is 4. The van der Waals surface area contributed by atoms with Crippen LogP contribution in [0.3, 0.4) is 0 Å². The van der Waals surface area contributed by atoms with Crippen LogP contribution in [0.25, 0.3) is 22.3 Å². The van der Waals surface area contributed by atoms with Gasteiger partial charge in [0.05, 0.1) is 5.56 Å². The molecule has 0 aliphatic heterocycles. The van der Waals surface area contributed by atoms with E-state index in [2.05, 4.69) is 25.8 Å². The van der Waals surface area contributed by atoms with Crippen molar-refractivity contribution >= 4 is 91.2 Å². The van der Waals surface area contributed by atoms with Crippen LogP contribution in [-0.4, -0.2) is 49.1 Å². The maximum absolute atomic E-state index is 12.6. The van der Waals surface area contributed by atoms with Gasteiger partial charge in [0.1, 0.15) is 26.8 Å². The molecule has 0 unspecified atom stereocenters. The van der Waals surface area contributed by atoms with Gasteiger partial charge in [0.25, 0.3) is 11.8 Å². The predicted octanol–water partition coefficient (Wildman–Crippen LogP) is 9.90. The van der Waals surface area contributed by atoms with Gasteiger partial charge < -0.3 is 20.8 Å². The zero-order valence-corrected chi connectivity index (χ0v) is 30.0. The number of alkyl halides is 3. The first-order valence-electron chi connectivity index (χ1n) is 14.5. The Morgan fingerprint density at radius 1 is 0.642 bits per heavy atom. The molecule has 0 atom stereocenters. The van der Waals surface area contributed by atoms with Crippen LogP contribution < -0.4 is 10.6 Å². The van der Waals surface area contributed by atoms with Crippen molar-refractivity contribution in [2.75, 3.05) is 10.6 Å². The molecule has 0 aliphatic carbocycles. The zero-order valence-electron chi connectivity index (χ0n) is 26.1. The third-order valence-corrected chi connectivity index (χ3v) is 9.45. The number of carboxylic acid groups (broad SMARTS) is 2. The molecule has 270 valence electrons. The highest BCUT2D eigenvalue weighted by atomic mass is 35.5. The second kappa shape index (κ2) is 16.5. The predicted molar refractivity (Wildman–Crippen MR) is 196 cm³/mol. The van der Waals surface area contributed by atoms with Gasteiger partial charge in [0.15, 0.2) is 10.8 Å². The molecule has 0 spiro atoms. The van der Waals surface area contributed by atoms with Crippen molar-refractivity contribution < 1.29 is 42.6 Å². The Balaban J connectivity index is 0.000000206. The number of amides is 2. The summed E-state index contributed by atoms with van der Waals surface area (Å²) in [6.07, 6.45) is -3.83. The van der Waals surface area contributed by atoms with Crippen LogP contribution in [0.5, 0.6) is 0 Å². The summed E-state index contributed by atoms with van der Waals surface area (Å²) in [5.74, 6) is -3.75. The lowest BCUT2D eigenvalue weighted by atomic mass is 10.0. The second-order valence-corrected chi connectivity index (χ2v) is 13.4. The molecule has 0 radical (unpaired) electrons. The summed E-state index contributed by atoms with van der Waals surface area (Å²) in [7, 11) is 0. The molecule has 6 rings (SSSR count). The van der Waals surface area contributed by atoms with Crippen molar-refractivity contribution in [1.82, 2.24) is 15.2 Å². The number of carboxylic acids is 2.